The topological polar surface area (TPSA) is 60.3 Å². The highest BCUT2D eigenvalue weighted by Gasteiger charge is 2.16. The highest BCUT2D eigenvalue weighted by molar-refractivity contribution is 7.98. The molecular weight excluding hydrogens is 326 g/mol. The van der Waals surface area contributed by atoms with Gasteiger partial charge in [0.1, 0.15) is 0 Å². The van der Waals surface area contributed by atoms with Crippen molar-refractivity contribution in [2.75, 3.05) is 27.6 Å². The molecule has 0 saturated heterocycles. The minimum Gasteiger partial charge on any atom is -0.493 e. The summed E-state index contributed by atoms with van der Waals surface area (Å²) in [6.07, 6.45) is 2.52. The van der Waals surface area contributed by atoms with E-state index < -0.39 is 0 Å². The number of oxime groups is 1. The zero-order chi connectivity index (χ0) is 17.5. The predicted octanol–water partition coefficient (Wildman–Crippen LogP) is 3.86. The molecule has 0 aliphatic rings. The van der Waals surface area contributed by atoms with Crippen LogP contribution >= 0.6 is 11.8 Å². The molecule has 128 valence electrons. The molecule has 2 aromatic carbocycles. The molecule has 0 radical (unpaired) electrons. The highest BCUT2D eigenvalue weighted by atomic mass is 32.2. The molecule has 0 unspecified atom stereocenters. The third-order valence-corrected chi connectivity index (χ3v) is 4.39. The van der Waals surface area contributed by atoms with Gasteiger partial charge in [-0.05, 0) is 36.1 Å². The van der Waals surface area contributed by atoms with Crippen molar-refractivity contribution >= 4 is 17.5 Å². The summed E-state index contributed by atoms with van der Waals surface area (Å²) in [5.74, 6) is 1.54. The van der Waals surface area contributed by atoms with E-state index in [4.69, 9.17) is 14.2 Å². The Bertz CT molecular complexity index is 688. The SMILES string of the molecule is COc1cc(C(Cc2ccc(SC)cc2)=NO)cc(OC)c1OC. The number of thioether (sulfide) groups is 1. The van der Waals surface area contributed by atoms with Crippen LogP contribution in [0, 0.1) is 0 Å². The van der Waals surface area contributed by atoms with Crippen LogP contribution in [-0.2, 0) is 6.42 Å². The smallest absolute Gasteiger partial charge is 0.203 e. The van der Waals surface area contributed by atoms with Gasteiger partial charge < -0.3 is 19.4 Å². The fourth-order valence-electron chi connectivity index (χ4n) is 2.38. The van der Waals surface area contributed by atoms with Crippen LogP contribution in [0.2, 0.25) is 0 Å². The molecule has 0 atom stereocenters. The Morgan fingerprint density at radius 3 is 2.00 bits per heavy atom. The first kappa shape index (κ1) is 18.0. The summed E-state index contributed by atoms with van der Waals surface area (Å²) in [5.41, 5.74) is 2.28. The molecule has 24 heavy (non-hydrogen) atoms. The molecule has 0 fully saturated rings. The molecule has 2 rings (SSSR count). The van der Waals surface area contributed by atoms with Crippen molar-refractivity contribution in [3.05, 3.63) is 47.5 Å². The number of hydrogen-bond acceptors (Lipinski definition) is 6. The minimum atomic E-state index is 0.490. The maximum absolute atomic E-state index is 9.47. The van der Waals surface area contributed by atoms with Crippen LogP contribution in [0.3, 0.4) is 0 Å². The first-order chi connectivity index (χ1) is 11.7. The van der Waals surface area contributed by atoms with E-state index in [0.29, 0.717) is 34.9 Å². The van der Waals surface area contributed by atoms with E-state index in [0.717, 1.165) is 5.56 Å². The molecule has 0 aliphatic heterocycles. The lowest BCUT2D eigenvalue weighted by atomic mass is 10.0. The molecular formula is C18H21NO4S. The van der Waals surface area contributed by atoms with Gasteiger partial charge in [0.2, 0.25) is 5.75 Å². The third kappa shape index (κ3) is 3.94. The van der Waals surface area contributed by atoms with Crippen molar-refractivity contribution in [3.63, 3.8) is 0 Å². The van der Waals surface area contributed by atoms with Crippen LogP contribution in [-0.4, -0.2) is 38.5 Å². The fourth-order valence-corrected chi connectivity index (χ4v) is 2.79. The average Bonchev–Trinajstić information content (AvgIpc) is 2.65. The van der Waals surface area contributed by atoms with Gasteiger partial charge in [-0.1, -0.05) is 17.3 Å². The molecule has 0 aliphatic carbocycles. The Morgan fingerprint density at radius 2 is 1.58 bits per heavy atom. The third-order valence-electron chi connectivity index (χ3n) is 3.65. The maximum Gasteiger partial charge on any atom is 0.203 e. The highest BCUT2D eigenvalue weighted by Crippen LogP contribution is 2.38. The van der Waals surface area contributed by atoms with Crippen molar-refractivity contribution in [1.82, 2.24) is 0 Å². The zero-order valence-corrected chi connectivity index (χ0v) is 15.0. The van der Waals surface area contributed by atoms with Crippen molar-refractivity contribution in [1.29, 1.82) is 0 Å². The molecule has 2 aromatic rings. The molecule has 0 heterocycles. The lowest BCUT2D eigenvalue weighted by Gasteiger charge is -2.14. The summed E-state index contributed by atoms with van der Waals surface area (Å²) in [7, 11) is 4.66. The minimum absolute atomic E-state index is 0.490. The maximum atomic E-state index is 9.47. The Kier molecular flexibility index (Phi) is 6.37. The Balaban J connectivity index is 2.36. The van der Waals surface area contributed by atoms with Crippen molar-refractivity contribution < 1.29 is 19.4 Å². The van der Waals surface area contributed by atoms with E-state index in [1.54, 1.807) is 45.2 Å². The Hall–Kier alpha value is -2.34. The molecule has 1 N–H and O–H groups in total. The van der Waals surface area contributed by atoms with Crippen LogP contribution in [0.25, 0.3) is 0 Å². The van der Waals surface area contributed by atoms with E-state index >= 15 is 0 Å². The van der Waals surface area contributed by atoms with Crippen LogP contribution in [0.5, 0.6) is 17.2 Å². The summed E-state index contributed by atoms with van der Waals surface area (Å²) >= 11 is 1.69. The standard InChI is InChI=1S/C18H21NO4S/c1-21-16-10-13(11-17(22-2)18(16)23-3)15(19-20)9-12-5-7-14(24-4)8-6-12/h5-8,10-11,20H,9H2,1-4H3. The molecule has 6 heteroatoms. The second-order valence-corrected chi connectivity index (χ2v) is 5.87. The number of rotatable bonds is 7. The second-order valence-electron chi connectivity index (χ2n) is 4.99. The normalized spacial score (nSPS) is 11.2. The van der Waals surface area contributed by atoms with Crippen LogP contribution in [0.4, 0.5) is 0 Å². The van der Waals surface area contributed by atoms with Crippen LogP contribution in [0.15, 0.2) is 46.4 Å². The Labute approximate surface area is 146 Å². The second kappa shape index (κ2) is 8.49. The Morgan fingerprint density at radius 1 is 1.00 bits per heavy atom. The van der Waals surface area contributed by atoms with Crippen molar-refractivity contribution in [2.24, 2.45) is 5.16 Å². The zero-order valence-electron chi connectivity index (χ0n) is 14.2. The predicted molar refractivity (Wildman–Crippen MR) is 96.3 cm³/mol. The lowest BCUT2D eigenvalue weighted by Crippen LogP contribution is -2.07. The summed E-state index contributed by atoms with van der Waals surface area (Å²) in [5, 5.41) is 12.9. The first-order valence-electron chi connectivity index (χ1n) is 7.31. The number of benzene rings is 2. The summed E-state index contributed by atoms with van der Waals surface area (Å²) in [6, 6.07) is 11.7. The lowest BCUT2D eigenvalue weighted by molar-refractivity contribution is 0.317. The largest absolute Gasteiger partial charge is 0.493 e. The van der Waals surface area contributed by atoms with Gasteiger partial charge in [-0.25, -0.2) is 0 Å². The summed E-state index contributed by atoms with van der Waals surface area (Å²) in [4.78, 5) is 1.19. The molecule has 0 bridgehead atoms. The quantitative estimate of drug-likeness (QED) is 0.357. The molecule has 0 aromatic heterocycles. The summed E-state index contributed by atoms with van der Waals surface area (Å²) < 4.78 is 16.0. The van der Waals surface area contributed by atoms with Gasteiger partial charge in [-0.3, -0.25) is 0 Å². The molecule has 0 amide bonds. The number of ether oxygens (including phenoxy) is 3. The van der Waals surface area contributed by atoms with E-state index in [1.165, 1.54) is 4.90 Å². The van der Waals surface area contributed by atoms with Gasteiger partial charge in [-0.2, -0.15) is 0 Å². The van der Waals surface area contributed by atoms with E-state index in [9.17, 15) is 5.21 Å². The molecule has 5 nitrogen and oxygen atoms in total. The monoisotopic (exact) mass is 347 g/mol. The number of nitrogens with zero attached hydrogens (tertiary/aromatic N) is 1. The van der Waals surface area contributed by atoms with Crippen molar-refractivity contribution in [2.45, 2.75) is 11.3 Å². The van der Waals surface area contributed by atoms with Crippen molar-refractivity contribution in [3.8, 4) is 17.2 Å². The van der Waals surface area contributed by atoms with Crippen LogP contribution in [0.1, 0.15) is 11.1 Å². The average molecular weight is 347 g/mol. The number of methoxy groups -OCH3 is 3. The van der Waals surface area contributed by atoms with Gasteiger partial charge >= 0.3 is 0 Å². The van der Waals surface area contributed by atoms with Gasteiger partial charge in [0.25, 0.3) is 0 Å². The van der Waals surface area contributed by atoms with Gasteiger partial charge in [-0.15, -0.1) is 11.8 Å². The van der Waals surface area contributed by atoms with Gasteiger partial charge in [0.05, 0.1) is 27.0 Å². The summed E-state index contributed by atoms with van der Waals surface area (Å²) in [6.45, 7) is 0. The van der Waals surface area contributed by atoms with Gasteiger partial charge in [0.15, 0.2) is 11.5 Å². The molecule has 0 saturated carbocycles. The van der Waals surface area contributed by atoms with E-state index in [2.05, 4.69) is 5.16 Å². The van der Waals surface area contributed by atoms with E-state index in [1.807, 2.05) is 30.5 Å². The number of hydrogen-bond donors (Lipinski definition) is 1. The van der Waals surface area contributed by atoms with E-state index in [-0.39, 0.29) is 0 Å². The first-order valence-corrected chi connectivity index (χ1v) is 8.53. The van der Waals surface area contributed by atoms with Gasteiger partial charge in [0, 0.05) is 16.9 Å². The molecule has 0 spiro atoms. The fraction of sp³-hybridized carbons (Fsp3) is 0.278. The van der Waals surface area contributed by atoms with Crippen LogP contribution < -0.4 is 14.2 Å².